The molecule has 1 aromatic carbocycles. The minimum absolute atomic E-state index is 0.246. The Morgan fingerprint density at radius 3 is 2.48 bits per heavy atom. The van der Waals surface area contributed by atoms with Crippen molar-refractivity contribution in [3.8, 4) is 0 Å². The van der Waals surface area contributed by atoms with Crippen molar-refractivity contribution >= 4 is 5.91 Å². The number of rotatable bonds is 3. The molecular weight excluding hydrogens is 284 g/mol. The second-order valence-corrected chi connectivity index (χ2v) is 8.06. The van der Waals surface area contributed by atoms with Gasteiger partial charge in [0.05, 0.1) is 0 Å². The smallest absolute Gasteiger partial charge is 0.225 e. The van der Waals surface area contributed by atoms with Gasteiger partial charge in [-0.05, 0) is 49.8 Å². The molecule has 2 heterocycles. The maximum Gasteiger partial charge on any atom is 0.225 e. The molecule has 2 aliphatic rings. The van der Waals surface area contributed by atoms with Gasteiger partial charge in [0.1, 0.15) is 0 Å². The Morgan fingerprint density at radius 2 is 1.83 bits per heavy atom. The predicted molar refractivity (Wildman–Crippen MR) is 94.0 cm³/mol. The average molecular weight is 314 g/mol. The van der Waals surface area contributed by atoms with Crippen LogP contribution in [0.15, 0.2) is 30.3 Å². The second-order valence-electron chi connectivity index (χ2n) is 8.06. The van der Waals surface area contributed by atoms with Crippen LogP contribution in [0.2, 0.25) is 0 Å². The number of hydrogen-bond donors (Lipinski definition) is 0. The van der Waals surface area contributed by atoms with Crippen molar-refractivity contribution in [1.29, 1.82) is 0 Å². The highest BCUT2D eigenvalue weighted by Gasteiger charge is 2.33. The first kappa shape index (κ1) is 16.5. The van der Waals surface area contributed by atoms with Crippen LogP contribution in [-0.4, -0.2) is 41.9 Å². The number of likely N-dealkylation sites (tertiary alicyclic amines) is 2. The fourth-order valence-electron chi connectivity index (χ4n) is 4.05. The number of nitrogens with zero attached hydrogens (tertiary/aromatic N) is 2. The van der Waals surface area contributed by atoms with Crippen LogP contribution in [0.1, 0.15) is 45.1 Å². The summed E-state index contributed by atoms with van der Waals surface area (Å²) in [4.78, 5) is 17.4. The van der Waals surface area contributed by atoms with Crippen molar-refractivity contribution in [1.82, 2.24) is 9.80 Å². The maximum atomic E-state index is 12.8. The minimum atomic E-state index is 0.246. The van der Waals surface area contributed by atoms with Gasteiger partial charge in [-0.25, -0.2) is 0 Å². The van der Waals surface area contributed by atoms with Gasteiger partial charge in [0.25, 0.3) is 0 Å². The van der Waals surface area contributed by atoms with Crippen LogP contribution < -0.4 is 0 Å². The van der Waals surface area contributed by atoms with Gasteiger partial charge in [0.15, 0.2) is 0 Å². The van der Waals surface area contributed by atoms with E-state index >= 15 is 0 Å². The van der Waals surface area contributed by atoms with E-state index in [4.69, 9.17) is 0 Å². The van der Waals surface area contributed by atoms with Crippen molar-refractivity contribution < 1.29 is 4.79 Å². The summed E-state index contributed by atoms with van der Waals surface area (Å²) < 4.78 is 0. The molecular formula is C20H30N2O. The van der Waals surface area contributed by atoms with E-state index in [9.17, 15) is 4.79 Å². The first-order valence-corrected chi connectivity index (χ1v) is 9.09. The summed E-state index contributed by atoms with van der Waals surface area (Å²) in [6.07, 6.45) is 4.43. The van der Waals surface area contributed by atoms with E-state index in [0.29, 0.717) is 11.3 Å². The van der Waals surface area contributed by atoms with Crippen molar-refractivity contribution in [2.24, 2.45) is 11.3 Å². The molecule has 2 saturated heterocycles. The molecule has 126 valence electrons. The van der Waals surface area contributed by atoms with E-state index in [0.717, 1.165) is 52.0 Å². The van der Waals surface area contributed by atoms with E-state index in [1.54, 1.807) is 0 Å². The van der Waals surface area contributed by atoms with E-state index in [-0.39, 0.29) is 5.92 Å². The Balaban J connectivity index is 1.49. The third-order valence-electron chi connectivity index (χ3n) is 5.40. The van der Waals surface area contributed by atoms with Crippen molar-refractivity contribution in [3.63, 3.8) is 0 Å². The normalized spacial score (nSPS) is 23.0. The molecule has 0 bridgehead atoms. The summed E-state index contributed by atoms with van der Waals surface area (Å²) in [5.74, 6) is 0.660. The summed E-state index contributed by atoms with van der Waals surface area (Å²) in [6, 6.07) is 10.6. The van der Waals surface area contributed by atoms with Gasteiger partial charge in [-0.15, -0.1) is 0 Å². The van der Waals surface area contributed by atoms with Gasteiger partial charge in [-0.2, -0.15) is 0 Å². The van der Waals surface area contributed by atoms with Gasteiger partial charge in [-0.1, -0.05) is 44.2 Å². The highest BCUT2D eigenvalue weighted by molar-refractivity contribution is 5.79. The molecule has 0 N–H and O–H groups in total. The lowest BCUT2D eigenvalue weighted by Crippen LogP contribution is -2.48. The second kappa shape index (κ2) is 7.04. The standard InChI is InChI=1S/C20H30N2O/c1-20(2)11-6-12-22(16-20)19(23)18-9-13-21(14-10-18)15-17-7-4-3-5-8-17/h3-5,7-8,18H,6,9-16H2,1-2H3. The molecule has 0 aromatic heterocycles. The first-order valence-electron chi connectivity index (χ1n) is 9.09. The molecule has 0 aliphatic carbocycles. The van der Waals surface area contributed by atoms with Gasteiger partial charge in [0.2, 0.25) is 5.91 Å². The number of amides is 1. The van der Waals surface area contributed by atoms with Gasteiger partial charge >= 0.3 is 0 Å². The Labute approximate surface area is 140 Å². The van der Waals surface area contributed by atoms with Crippen LogP contribution in [0.4, 0.5) is 0 Å². The SMILES string of the molecule is CC1(C)CCCN(C(=O)C2CCN(Cc3ccccc3)CC2)C1. The Kier molecular flexibility index (Phi) is 5.05. The predicted octanol–water partition coefficient (Wildman–Crippen LogP) is 3.55. The van der Waals surface area contributed by atoms with Crippen LogP contribution in [0.3, 0.4) is 0 Å². The Bertz CT molecular complexity index is 518. The van der Waals surface area contributed by atoms with E-state index in [1.165, 1.54) is 12.0 Å². The lowest BCUT2D eigenvalue weighted by atomic mass is 9.83. The molecule has 0 atom stereocenters. The van der Waals surface area contributed by atoms with Crippen molar-refractivity contribution in [3.05, 3.63) is 35.9 Å². The minimum Gasteiger partial charge on any atom is -0.342 e. The van der Waals surface area contributed by atoms with Crippen LogP contribution in [-0.2, 0) is 11.3 Å². The zero-order chi connectivity index (χ0) is 16.3. The molecule has 2 aliphatic heterocycles. The fraction of sp³-hybridized carbons (Fsp3) is 0.650. The van der Waals surface area contributed by atoms with E-state index < -0.39 is 0 Å². The average Bonchev–Trinajstić information content (AvgIpc) is 2.55. The molecule has 0 spiro atoms. The van der Waals surface area contributed by atoms with Gasteiger partial charge < -0.3 is 4.90 Å². The molecule has 1 amide bonds. The van der Waals surface area contributed by atoms with Gasteiger partial charge in [0, 0.05) is 25.6 Å². The van der Waals surface area contributed by atoms with Crippen LogP contribution in [0.5, 0.6) is 0 Å². The lowest BCUT2D eigenvalue weighted by Gasteiger charge is -2.41. The highest BCUT2D eigenvalue weighted by atomic mass is 16.2. The lowest BCUT2D eigenvalue weighted by molar-refractivity contribution is -0.140. The number of carbonyl (C=O) groups excluding carboxylic acids is 1. The number of hydrogen-bond acceptors (Lipinski definition) is 2. The summed E-state index contributed by atoms with van der Waals surface area (Å²) in [6.45, 7) is 9.58. The molecule has 1 aromatic rings. The summed E-state index contributed by atoms with van der Waals surface area (Å²) in [7, 11) is 0. The number of carbonyl (C=O) groups is 1. The van der Waals surface area contributed by atoms with E-state index in [2.05, 4.69) is 54.0 Å². The third kappa shape index (κ3) is 4.35. The zero-order valence-corrected chi connectivity index (χ0v) is 14.6. The molecule has 2 fully saturated rings. The van der Waals surface area contributed by atoms with Crippen LogP contribution in [0, 0.1) is 11.3 Å². The molecule has 23 heavy (non-hydrogen) atoms. The summed E-state index contributed by atoms with van der Waals surface area (Å²) >= 11 is 0. The summed E-state index contributed by atoms with van der Waals surface area (Å²) in [5.41, 5.74) is 1.66. The van der Waals surface area contributed by atoms with Crippen molar-refractivity contribution in [2.75, 3.05) is 26.2 Å². The molecule has 0 unspecified atom stereocenters. The van der Waals surface area contributed by atoms with Gasteiger partial charge in [-0.3, -0.25) is 9.69 Å². The molecule has 3 nitrogen and oxygen atoms in total. The van der Waals surface area contributed by atoms with Crippen molar-refractivity contribution in [2.45, 2.75) is 46.1 Å². The summed E-state index contributed by atoms with van der Waals surface area (Å²) in [5, 5.41) is 0. The molecule has 3 rings (SSSR count). The monoisotopic (exact) mass is 314 g/mol. The third-order valence-corrected chi connectivity index (χ3v) is 5.40. The topological polar surface area (TPSA) is 23.6 Å². The zero-order valence-electron chi connectivity index (χ0n) is 14.6. The Morgan fingerprint density at radius 1 is 1.13 bits per heavy atom. The number of piperidine rings is 2. The van der Waals surface area contributed by atoms with E-state index in [1.807, 2.05) is 0 Å². The molecule has 3 heteroatoms. The highest BCUT2D eigenvalue weighted by Crippen LogP contribution is 2.30. The van der Waals surface area contributed by atoms with Crippen LogP contribution >= 0.6 is 0 Å². The largest absolute Gasteiger partial charge is 0.342 e. The maximum absolute atomic E-state index is 12.8. The molecule has 0 saturated carbocycles. The van der Waals surface area contributed by atoms with Crippen LogP contribution in [0.25, 0.3) is 0 Å². The molecule has 0 radical (unpaired) electrons. The fourth-order valence-corrected chi connectivity index (χ4v) is 4.05. The quantitative estimate of drug-likeness (QED) is 0.852. The first-order chi connectivity index (χ1) is 11.0. The Hall–Kier alpha value is -1.35. The number of benzene rings is 1.